The number of nitrogens with one attached hydrogen (secondary N) is 2. The van der Waals surface area contributed by atoms with E-state index in [1.54, 1.807) is 12.3 Å². The van der Waals surface area contributed by atoms with Crippen LogP contribution in [0.4, 0.5) is 11.6 Å². The van der Waals surface area contributed by atoms with Crippen molar-refractivity contribution < 1.29 is 4.79 Å². The van der Waals surface area contributed by atoms with Crippen LogP contribution < -0.4 is 10.6 Å². The van der Waals surface area contributed by atoms with Crippen LogP contribution in [0.3, 0.4) is 0 Å². The van der Waals surface area contributed by atoms with Crippen molar-refractivity contribution in [2.75, 3.05) is 11.9 Å². The zero-order valence-electron chi connectivity index (χ0n) is 13.4. The lowest BCUT2D eigenvalue weighted by Crippen LogP contribution is -2.25. The Morgan fingerprint density at radius 1 is 1.26 bits per heavy atom. The molecule has 0 saturated carbocycles. The van der Waals surface area contributed by atoms with Gasteiger partial charge in [-0.15, -0.1) is 0 Å². The molecule has 0 aliphatic carbocycles. The van der Waals surface area contributed by atoms with Crippen molar-refractivity contribution in [3.8, 4) is 0 Å². The molecule has 0 fully saturated rings. The summed E-state index contributed by atoms with van der Waals surface area (Å²) in [6.07, 6.45) is 4.80. The molecule has 0 aliphatic rings. The summed E-state index contributed by atoms with van der Waals surface area (Å²) in [7, 11) is 0. The van der Waals surface area contributed by atoms with Crippen LogP contribution in [0, 0.1) is 6.92 Å². The first-order valence-electron chi connectivity index (χ1n) is 7.74. The molecule has 0 unspecified atom stereocenters. The van der Waals surface area contributed by atoms with E-state index < -0.39 is 0 Å². The molecule has 2 rings (SSSR count). The van der Waals surface area contributed by atoms with Gasteiger partial charge in [-0.05, 0) is 37.1 Å². The number of carbonyl (C=O) groups is 1. The van der Waals surface area contributed by atoms with Gasteiger partial charge in [-0.2, -0.15) is 0 Å². The van der Waals surface area contributed by atoms with Crippen LogP contribution >= 0.6 is 15.9 Å². The molecule has 1 amide bonds. The van der Waals surface area contributed by atoms with Crippen LogP contribution in [0.5, 0.6) is 0 Å². The van der Waals surface area contributed by atoms with Crippen LogP contribution in [0.1, 0.15) is 42.2 Å². The standard InChI is InChI=1S/C17H21BrN4O/c1-3-4-5-9-19-16(23)15-8-10-20-17(22-15)21-13-7-6-12(2)14(18)11-13/h6-8,10-11H,3-5,9H2,1-2H3,(H,19,23)(H,20,21,22). The van der Waals surface area contributed by atoms with E-state index in [-0.39, 0.29) is 5.91 Å². The zero-order chi connectivity index (χ0) is 16.7. The van der Waals surface area contributed by atoms with Crippen molar-refractivity contribution in [2.45, 2.75) is 33.1 Å². The quantitative estimate of drug-likeness (QED) is 0.710. The number of amides is 1. The summed E-state index contributed by atoms with van der Waals surface area (Å²) in [4.78, 5) is 20.5. The van der Waals surface area contributed by atoms with E-state index in [9.17, 15) is 4.79 Å². The highest BCUT2D eigenvalue weighted by Gasteiger charge is 2.08. The Morgan fingerprint density at radius 2 is 2.09 bits per heavy atom. The molecule has 1 aromatic heterocycles. The second-order valence-electron chi connectivity index (χ2n) is 5.32. The molecule has 1 aromatic carbocycles. The molecule has 23 heavy (non-hydrogen) atoms. The van der Waals surface area contributed by atoms with Crippen LogP contribution in [-0.4, -0.2) is 22.4 Å². The summed E-state index contributed by atoms with van der Waals surface area (Å²) in [5, 5.41) is 5.99. The van der Waals surface area contributed by atoms with E-state index in [4.69, 9.17) is 0 Å². The summed E-state index contributed by atoms with van der Waals surface area (Å²) in [5.74, 6) is 0.235. The number of benzene rings is 1. The van der Waals surface area contributed by atoms with Crippen molar-refractivity contribution >= 4 is 33.5 Å². The fraction of sp³-hybridized carbons (Fsp3) is 0.353. The first kappa shape index (κ1) is 17.4. The Balaban J connectivity index is 2.01. The van der Waals surface area contributed by atoms with Crippen molar-refractivity contribution in [2.24, 2.45) is 0 Å². The lowest BCUT2D eigenvalue weighted by atomic mass is 10.2. The number of halogens is 1. The van der Waals surface area contributed by atoms with Gasteiger partial charge in [-0.25, -0.2) is 9.97 Å². The summed E-state index contributed by atoms with van der Waals surface area (Å²) in [5.41, 5.74) is 2.38. The number of anilines is 2. The van der Waals surface area contributed by atoms with E-state index in [1.165, 1.54) is 0 Å². The third-order valence-electron chi connectivity index (χ3n) is 3.38. The summed E-state index contributed by atoms with van der Waals surface area (Å²) < 4.78 is 1.01. The summed E-state index contributed by atoms with van der Waals surface area (Å²) >= 11 is 3.49. The highest BCUT2D eigenvalue weighted by molar-refractivity contribution is 9.10. The first-order chi connectivity index (χ1) is 11.1. The topological polar surface area (TPSA) is 66.9 Å². The van der Waals surface area contributed by atoms with Crippen LogP contribution in [0.25, 0.3) is 0 Å². The minimum Gasteiger partial charge on any atom is -0.351 e. The van der Waals surface area contributed by atoms with Gasteiger partial charge in [0.15, 0.2) is 0 Å². The van der Waals surface area contributed by atoms with E-state index >= 15 is 0 Å². The van der Waals surface area contributed by atoms with Gasteiger partial charge in [0, 0.05) is 22.9 Å². The van der Waals surface area contributed by atoms with E-state index in [0.717, 1.165) is 35.0 Å². The van der Waals surface area contributed by atoms with Gasteiger partial charge < -0.3 is 10.6 Å². The minimum atomic E-state index is -0.170. The Hall–Kier alpha value is -1.95. The number of aromatic nitrogens is 2. The van der Waals surface area contributed by atoms with Gasteiger partial charge in [-0.1, -0.05) is 41.8 Å². The molecule has 0 spiro atoms. The van der Waals surface area contributed by atoms with E-state index in [1.807, 2.05) is 25.1 Å². The fourth-order valence-electron chi connectivity index (χ4n) is 2.01. The maximum Gasteiger partial charge on any atom is 0.270 e. The van der Waals surface area contributed by atoms with Crippen molar-refractivity contribution in [1.29, 1.82) is 0 Å². The molecule has 122 valence electrons. The van der Waals surface area contributed by atoms with Gasteiger partial charge in [0.05, 0.1) is 0 Å². The molecule has 0 saturated heterocycles. The van der Waals surface area contributed by atoms with Crippen molar-refractivity contribution in [3.63, 3.8) is 0 Å². The molecule has 2 N–H and O–H groups in total. The highest BCUT2D eigenvalue weighted by atomic mass is 79.9. The van der Waals surface area contributed by atoms with Gasteiger partial charge in [0.1, 0.15) is 5.69 Å². The summed E-state index contributed by atoms with van der Waals surface area (Å²) in [6, 6.07) is 7.51. The van der Waals surface area contributed by atoms with Crippen LogP contribution in [0.2, 0.25) is 0 Å². The number of carbonyl (C=O) groups excluding carboxylic acids is 1. The Labute approximate surface area is 145 Å². The highest BCUT2D eigenvalue weighted by Crippen LogP contribution is 2.22. The Morgan fingerprint density at radius 3 is 2.83 bits per heavy atom. The molecule has 0 bridgehead atoms. The Kier molecular flexibility index (Phi) is 6.52. The van der Waals surface area contributed by atoms with Crippen molar-refractivity contribution in [1.82, 2.24) is 15.3 Å². The zero-order valence-corrected chi connectivity index (χ0v) is 15.0. The molecule has 2 aromatic rings. The second kappa shape index (κ2) is 8.62. The lowest BCUT2D eigenvalue weighted by Gasteiger charge is -2.08. The maximum atomic E-state index is 12.1. The number of unbranched alkanes of at least 4 members (excludes halogenated alkanes) is 2. The van der Waals surface area contributed by atoms with Crippen molar-refractivity contribution in [3.05, 3.63) is 46.2 Å². The summed E-state index contributed by atoms with van der Waals surface area (Å²) in [6.45, 7) is 4.83. The minimum absolute atomic E-state index is 0.170. The molecule has 0 aliphatic heterocycles. The second-order valence-corrected chi connectivity index (χ2v) is 6.17. The largest absolute Gasteiger partial charge is 0.351 e. The number of hydrogen-bond donors (Lipinski definition) is 2. The number of rotatable bonds is 7. The molecule has 1 heterocycles. The first-order valence-corrected chi connectivity index (χ1v) is 8.54. The van der Waals surface area contributed by atoms with Gasteiger partial charge in [0.2, 0.25) is 5.95 Å². The van der Waals surface area contributed by atoms with E-state index in [0.29, 0.717) is 18.2 Å². The third kappa shape index (κ3) is 5.32. The maximum absolute atomic E-state index is 12.1. The Bertz CT molecular complexity index is 675. The predicted octanol–water partition coefficient (Wildman–Crippen LogP) is 4.21. The lowest BCUT2D eigenvalue weighted by molar-refractivity contribution is 0.0948. The van der Waals surface area contributed by atoms with E-state index in [2.05, 4.69) is 43.5 Å². The number of aryl methyl sites for hydroxylation is 1. The molecule has 6 heteroatoms. The molecule has 0 radical (unpaired) electrons. The third-order valence-corrected chi connectivity index (χ3v) is 4.24. The molecular weight excluding hydrogens is 356 g/mol. The number of hydrogen-bond acceptors (Lipinski definition) is 4. The molecule has 0 atom stereocenters. The monoisotopic (exact) mass is 376 g/mol. The number of nitrogens with zero attached hydrogens (tertiary/aromatic N) is 2. The molecule has 5 nitrogen and oxygen atoms in total. The van der Waals surface area contributed by atoms with Crippen LogP contribution in [-0.2, 0) is 0 Å². The SMILES string of the molecule is CCCCCNC(=O)c1ccnc(Nc2ccc(C)c(Br)c2)n1. The smallest absolute Gasteiger partial charge is 0.270 e. The predicted molar refractivity (Wildman–Crippen MR) is 96.1 cm³/mol. The average Bonchev–Trinajstić information content (AvgIpc) is 2.55. The van der Waals surface area contributed by atoms with Gasteiger partial charge in [0.25, 0.3) is 5.91 Å². The van der Waals surface area contributed by atoms with Crippen LogP contribution in [0.15, 0.2) is 34.9 Å². The van der Waals surface area contributed by atoms with Gasteiger partial charge in [-0.3, -0.25) is 4.79 Å². The normalized spacial score (nSPS) is 10.4. The average molecular weight is 377 g/mol. The molecular formula is C17H21BrN4O. The van der Waals surface area contributed by atoms with Gasteiger partial charge >= 0.3 is 0 Å². The fourth-order valence-corrected chi connectivity index (χ4v) is 2.39.